The highest BCUT2D eigenvalue weighted by atomic mass is 79.9. The third-order valence-electron chi connectivity index (χ3n) is 3.75. The molecule has 8 heteroatoms. The third kappa shape index (κ3) is 3.55. The molecule has 1 fully saturated rings. The van der Waals surface area contributed by atoms with Crippen molar-refractivity contribution >= 4 is 51.4 Å². The summed E-state index contributed by atoms with van der Waals surface area (Å²) in [6, 6.07) is 9.37. The summed E-state index contributed by atoms with van der Waals surface area (Å²) < 4.78 is 13.8. The lowest BCUT2D eigenvalue weighted by molar-refractivity contribution is -0.131. The van der Waals surface area contributed by atoms with Crippen LogP contribution in [0.3, 0.4) is 0 Å². The van der Waals surface area contributed by atoms with Crippen LogP contribution in [0.5, 0.6) is 0 Å². The van der Waals surface area contributed by atoms with Crippen LogP contribution in [0.2, 0.25) is 0 Å². The average molecular weight is 418 g/mol. The lowest BCUT2D eigenvalue weighted by Crippen LogP contribution is -2.58. The summed E-state index contributed by atoms with van der Waals surface area (Å²) in [4.78, 5) is 41.7. The first-order chi connectivity index (χ1) is 12.4. The maximum atomic E-state index is 13.1. The van der Waals surface area contributed by atoms with E-state index in [-0.39, 0.29) is 5.69 Å². The molecule has 0 aromatic heterocycles. The van der Waals surface area contributed by atoms with E-state index < -0.39 is 29.6 Å². The Morgan fingerprint density at radius 2 is 1.85 bits per heavy atom. The standard InChI is InChI=1S/C18H13BrFN3O3/c1-10-2-7-15(14(19)8-10)21-9-13-16(24)22-18(26)23(17(13)25)12-5-3-11(20)4-6-12/h2-9,13H,1H3,(H,22,24,26). The van der Waals surface area contributed by atoms with Crippen molar-refractivity contribution in [2.24, 2.45) is 10.9 Å². The Bertz CT molecular complexity index is 928. The van der Waals surface area contributed by atoms with Gasteiger partial charge in [0.1, 0.15) is 5.82 Å². The van der Waals surface area contributed by atoms with Crippen molar-refractivity contribution in [1.82, 2.24) is 5.32 Å². The van der Waals surface area contributed by atoms with Crippen molar-refractivity contribution in [2.45, 2.75) is 6.92 Å². The van der Waals surface area contributed by atoms with Gasteiger partial charge in [-0.05, 0) is 64.8 Å². The lowest BCUT2D eigenvalue weighted by atomic mass is 10.1. The normalized spacial score (nSPS) is 17.7. The van der Waals surface area contributed by atoms with E-state index in [9.17, 15) is 18.8 Å². The maximum absolute atomic E-state index is 13.1. The Morgan fingerprint density at radius 1 is 1.15 bits per heavy atom. The Kier molecular flexibility index (Phi) is 4.94. The second-order valence-electron chi connectivity index (χ2n) is 5.66. The summed E-state index contributed by atoms with van der Waals surface area (Å²) in [5.74, 6) is -3.29. The van der Waals surface area contributed by atoms with Gasteiger partial charge >= 0.3 is 6.03 Å². The molecule has 4 amide bonds. The van der Waals surface area contributed by atoms with E-state index in [1.807, 2.05) is 19.1 Å². The van der Waals surface area contributed by atoms with Crippen molar-refractivity contribution in [3.8, 4) is 0 Å². The fourth-order valence-corrected chi connectivity index (χ4v) is 3.02. The molecule has 0 bridgehead atoms. The predicted octanol–water partition coefficient (Wildman–Crippen LogP) is 3.50. The maximum Gasteiger partial charge on any atom is 0.335 e. The van der Waals surface area contributed by atoms with Gasteiger partial charge < -0.3 is 0 Å². The van der Waals surface area contributed by atoms with Gasteiger partial charge in [0.2, 0.25) is 5.91 Å². The molecule has 0 aliphatic carbocycles. The zero-order valence-electron chi connectivity index (χ0n) is 13.6. The van der Waals surface area contributed by atoms with Gasteiger partial charge in [-0.25, -0.2) is 14.1 Å². The first-order valence-electron chi connectivity index (χ1n) is 7.61. The Morgan fingerprint density at radius 3 is 2.50 bits per heavy atom. The first-order valence-corrected chi connectivity index (χ1v) is 8.41. The monoisotopic (exact) mass is 417 g/mol. The Balaban J connectivity index is 1.90. The van der Waals surface area contributed by atoms with Crippen molar-refractivity contribution in [3.05, 3.63) is 58.3 Å². The minimum atomic E-state index is -1.27. The molecule has 3 rings (SSSR count). The fraction of sp³-hybridized carbons (Fsp3) is 0.111. The van der Waals surface area contributed by atoms with E-state index in [1.54, 1.807) is 6.07 Å². The Labute approximate surface area is 156 Å². The molecule has 1 unspecified atom stereocenters. The molecule has 1 N–H and O–H groups in total. The molecule has 0 saturated carbocycles. The van der Waals surface area contributed by atoms with Crippen LogP contribution in [0.15, 0.2) is 51.9 Å². The van der Waals surface area contributed by atoms with Gasteiger partial charge in [0, 0.05) is 10.7 Å². The van der Waals surface area contributed by atoms with E-state index >= 15 is 0 Å². The number of anilines is 1. The van der Waals surface area contributed by atoms with Crippen LogP contribution < -0.4 is 10.2 Å². The van der Waals surface area contributed by atoms with Crippen LogP contribution in [-0.2, 0) is 9.59 Å². The summed E-state index contributed by atoms with van der Waals surface area (Å²) in [7, 11) is 0. The number of barbiturate groups is 1. The number of imide groups is 2. The zero-order valence-corrected chi connectivity index (χ0v) is 15.2. The fourth-order valence-electron chi connectivity index (χ4n) is 2.43. The van der Waals surface area contributed by atoms with Gasteiger partial charge in [0.05, 0.1) is 11.4 Å². The molecule has 0 spiro atoms. The van der Waals surface area contributed by atoms with Crippen LogP contribution in [0, 0.1) is 18.7 Å². The number of amides is 4. The van der Waals surface area contributed by atoms with E-state index in [0.29, 0.717) is 10.2 Å². The van der Waals surface area contributed by atoms with E-state index in [0.717, 1.165) is 22.6 Å². The number of halogens is 2. The van der Waals surface area contributed by atoms with Crippen LogP contribution in [0.25, 0.3) is 0 Å². The van der Waals surface area contributed by atoms with Gasteiger partial charge in [0.15, 0.2) is 5.92 Å². The zero-order chi connectivity index (χ0) is 18.8. The summed E-state index contributed by atoms with van der Waals surface area (Å²) in [5, 5.41) is 2.11. The van der Waals surface area contributed by atoms with Gasteiger partial charge in [0.25, 0.3) is 5.91 Å². The third-order valence-corrected chi connectivity index (χ3v) is 4.39. The predicted molar refractivity (Wildman–Crippen MR) is 97.9 cm³/mol. The molecule has 1 atom stereocenters. The van der Waals surface area contributed by atoms with Crippen LogP contribution >= 0.6 is 15.9 Å². The van der Waals surface area contributed by atoms with Gasteiger partial charge in [-0.15, -0.1) is 0 Å². The number of aliphatic imine (C=N–C) groups is 1. The quantitative estimate of drug-likeness (QED) is 0.612. The summed E-state index contributed by atoms with van der Waals surface area (Å²) in [6.45, 7) is 1.92. The van der Waals surface area contributed by atoms with Crippen LogP contribution in [0.4, 0.5) is 20.6 Å². The average Bonchev–Trinajstić information content (AvgIpc) is 2.57. The highest BCUT2D eigenvalue weighted by molar-refractivity contribution is 9.10. The van der Waals surface area contributed by atoms with Crippen LogP contribution in [0.1, 0.15) is 5.56 Å². The first kappa shape index (κ1) is 17.9. The molecule has 26 heavy (non-hydrogen) atoms. The molecule has 2 aromatic carbocycles. The van der Waals surface area contributed by atoms with Crippen LogP contribution in [-0.4, -0.2) is 24.1 Å². The van der Waals surface area contributed by atoms with Crippen molar-refractivity contribution in [2.75, 3.05) is 4.90 Å². The number of hydrogen-bond donors (Lipinski definition) is 1. The van der Waals surface area contributed by atoms with Gasteiger partial charge in [-0.2, -0.15) is 0 Å². The topological polar surface area (TPSA) is 78.8 Å². The van der Waals surface area contributed by atoms with Crippen molar-refractivity contribution in [1.29, 1.82) is 0 Å². The smallest absolute Gasteiger partial charge is 0.276 e. The van der Waals surface area contributed by atoms with E-state index in [2.05, 4.69) is 26.2 Å². The number of nitrogens with one attached hydrogen (secondary N) is 1. The second kappa shape index (κ2) is 7.17. The largest absolute Gasteiger partial charge is 0.335 e. The second-order valence-corrected chi connectivity index (χ2v) is 6.51. The number of nitrogens with zero attached hydrogens (tertiary/aromatic N) is 2. The number of carbonyl (C=O) groups is 3. The number of carbonyl (C=O) groups excluding carboxylic acids is 3. The van der Waals surface area contributed by atoms with Gasteiger partial charge in [-0.3, -0.25) is 19.9 Å². The molecule has 132 valence electrons. The van der Waals surface area contributed by atoms with E-state index in [1.165, 1.54) is 18.3 Å². The molecular weight excluding hydrogens is 405 g/mol. The van der Waals surface area contributed by atoms with Crippen molar-refractivity contribution < 1.29 is 18.8 Å². The highest BCUT2D eigenvalue weighted by Gasteiger charge is 2.40. The molecule has 0 radical (unpaired) electrons. The number of benzene rings is 2. The molecule has 1 aliphatic heterocycles. The number of rotatable bonds is 3. The Hall–Kier alpha value is -2.87. The summed E-state index contributed by atoms with van der Waals surface area (Å²) in [5.41, 5.74) is 1.73. The number of aryl methyl sites for hydroxylation is 1. The SMILES string of the molecule is Cc1ccc(N=CC2C(=O)NC(=O)N(c3ccc(F)cc3)C2=O)c(Br)c1. The lowest BCUT2D eigenvalue weighted by Gasteiger charge is -2.28. The molecule has 1 aliphatic rings. The van der Waals surface area contributed by atoms with E-state index in [4.69, 9.17) is 0 Å². The minimum absolute atomic E-state index is 0.163. The molecular formula is C18H13BrFN3O3. The summed E-state index contributed by atoms with van der Waals surface area (Å²) >= 11 is 3.37. The molecule has 2 aromatic rings. The van der Waals surface area contributed by atoms with Gasteiger partial charge in [-0.1, -0.05) is 6.07 Å². The van der Waals surface area contributed by atoms with Crippen molar-refractivity contribution in [3.63, 3.8) is 0 Å². The molecule has 1 saturated heterocycles. The summed E-state index contributed by atoms with van der Waals surface area (Å²) in [6.07, 6.45) is 1.19. The molecule has 1 heterocycles. The number of urea groups is 1. The highest BCUT2D eigenvalue weighted by Crippen LogP contribution is 2.27. The minimum Gasteiger partial charge on any atom is -0.276 e. The number of hydrogen-bond acceptors (Lipinski definition) is 4. The molecule has 6 nitrogen and oxygen atoms in total.